The Labute approximate surface area is 86.4 Å². The zero-order chi connectivity index (χ0) is 10.7. The van der Waals surface area contributed by atoms with Crippen LogP contribution in [0.1, 0.15) is 40.0 Å². The summed E-state index contributed by atoms with van der Waals surface area (Å²) in [4.78, 5) is 11.8. The van der Waals surface area contributed by atoms with Gasteiger partial charge in [-0.2, -0.15) is 0 Å². The lowest BCUT2D eigenvalue weighted by Crippen LogP contribution is -2.43. The van der Waals surface area contributed by atoms with E-state index in [1.165, 1.54) is 0 Å². The van der Waals surface area contributed by atoms with Gasteiger partial charge in [-0.3, -0.25) is 4.79 Å². The van der Waals surface area contributed by atoms with Crippen molar-refractivity contribution in [2.45, 2.75) is 52.1 Å². The number of hydrogen-bond acceptors (Lipinski definition) is 2. The molecule has 0 aromatic carbocycles. The Kier molecular flexibility index (Phi) is 3.93. The molecule has 0 aliphatic heterocycles. The van der Waals surface area contributed by atoms with Crippen LogP contribution in [0.5, 0.6) is 0 Å². The minimum Gasteiger partial charge on any atom is -0.354 e. The first kappa shape index (κ1) is 11.5. The first-order valence-electron chi connectivity index (χ1n) is 5.56. The van der Waals surface area contributed by atoms with E-state index in [0.717, 1.165) is 19.3 Å². The Morgan fingerprint density at radius 2 is 2.07 bits per heavy atom. The molecule has 0 heterocycles. The molecule has 0 radical (unpaired) electrons. The van der Waals surface area contributed by atoms with Crippen LogP contribution in [0.2, 0.25) is 0 Å². The highest BCUT2D eigenvalue weighted by molar-refractivity contribution is 5.79. The average Bonchev–Trinajstić information content (AvgIpc) is 2.08. The summed E-state index contributed by atoms with van der Waals surface area (Å²) in [6.45, 7) is 6.13. The number of nitrogens with one attached hydrogen (secondary N) is 1. The maximum atomic E-state index is 11.8. The average molecular weight is 198 g/mol. The van der Waals surface area contributed by atoms with Crippen molar-refractivity contribution < 1.29 is 4.79 Å². The maximum Gasteiger partial charge on any atom is 0.223 e. The summed E-state index contributed by atoms with van der Waals surface area (Å²) >= 11 is 0. The van der Waals surface area contributed by atoms with E-state index in [1.807, 2.05) is 13.8 Å². The fourth-order valence-electron chi connectivity index (χ4n) is 2.11. The van der Waals surface area contributed by atoms with Crippen molar-refractivity contribution >= 4 is 5.91 Å². The van der Waals surface area contributed by atoms with E-state index in [1.54, 1.807) is 0 Å². The maximum absolute atomic E-state index is 11.8. The monoisotopic (exact) mass is 198 g/mol. The SMILES string of the molecule is CC(C)NC(=O)C1CC(N)CCC1C. The highest BCUT2D eigenvalue weighted by Crippen LogP contribution is 2.29. The Morgan fingerprint density at radius 3 is 2.64 bits per heavy atom. The fraction of sp³-hybridized carbons (Fsp3) is 0.909. The molecule has 1 amide bonds. The molecule has 3 N–H and O–H groups in total. The Bertz CT molecular complexity index is 203. The van der Waals surface area contributed by atoms with E-state index in [0.29, 0.717) is 5.92 Å². The first-order valence-corrected chi connectivity index (χ1v) is 5.56. The number of amides is 1. The van der Waals surface area contributed by atoms with Crippen molar-refractivity contribution in [3.63, 3.8) is 0 Å². The van der Waals surface area contributed by atoms with Gasteiger partial charge in [0.15, 0.2) is 0 Å². The minimum atomic E-state index is 0.126. The normalized spacial score (nSPS) is 33.1. The van der Waals surface area contributed by atoms with Crippen LogP contribution in [-0.2, 0) is 4.79 Å². The van der Waals surface area contributed by atoms with E-state index in [9.17, 15) is 4.79 Å². The molecule has 0 saturated heterocycles. The predicted octanol–water partition coefficient (Wildman–Crippen LogP) is 1.27. The number of carbonyl (C=O) groups is 1. The van der Waals surface area contributed by atoms with Gasteiger partial charge in [0.25, 0.3) is 0 Å². The van der Waals surface area contributed by atoms with Gasteiger partial charge in [-0.25, -0.2) is 0 Å². The van der Waals surface area contributed by atoms with Gasteiger partial charge in [-0.05, 0) is 39.0 Å². The second-order valence-electron chi connectivity index (χ2n) is 4.82. The highest BCUT2D eigenvalue weighted by atomic mass is 16.1. The largest absolute Gasteiger partial charge is 0.354 e. The summed E-state index contributed by atoms with van der Waals surface area (Å²) in [5, 5.41) is 2.97. The van der Waals surface area contributed by atoms with Crippen molar-refractivity contribution in [1.82, 2.24) is 5.32 Å². The zero-order valence-corrected chi connectivity index (χ0v) is 9.42. The third kappa shape index (κ3) is 2.98. The second kappa shape index (κ2) is 4.78. The molecule has 0 bridgehead atoms. The van der Waals surface area contributed by atoms with E-state index in [2.05, 4.69) is 12.2 Å². The smallest absolute Gasteiger partial charge is 0.223 e. The third-order valence-electron chi connectivity index (χ3n) is 3.00. The van der Waals surface area contributed by atoms with Crippen molar-refractivity contribution in [2.75, 3.05) is 0 Å². The lowest BCUT2D eigenvalue weighted by molar-refractivity contribution is -0.128. The highest BCUT2D eigenvalue weighted by Gasteiger charge is 2.31. The molecule has 1 aliphatic carbocycles. The summed E-state index contributed by atoms with van der Waals surface area (Å²) < 4.78 is 0. The van der Waals surface area contributed by atoms with Crippen LogP contribution in [0.4, 0.5) is 0 Å². The Balaban J connectivity index is 2.51. The van der Waals surface area contributed by atoms with Crippen LogP contribution < -0.4 is 11.1 Å². The summed E-state index contributed by atoms with van der Waals surface area (Å²) in [6.07, 6.45) is 2.99. The lowest BCUT2D eigenvalue weighted by Gasteiger charge is -2.32. The van der Waals surface area contributed by atoms with Gasteiger partial charge in [0, 0.05) is 18.0 Å². The number of rotatable bonds is 2. The van der Waals surface area contributed by atoms with E-state index in [-0.39, 0.29) is 23.9 Å². The third-order valence-corrected chi connectivity index (χ3v) is 3.00. The topological polar surface area (TPSA) is 55.1 Å². The first-order chi connectivity index (χ1) is 6.50. The Hall–Kier alpha value is -0.570. The number of hydrogen-bond donors (Lipinski definition) is 2. The molecule has 3 atom stereocenters. The molecule has 82 valence electrons. The van der Waals surface area contributed by atoms with Crippen LogP contribution in [0, 0.1) is 11.8 Å². The predicted molar refractivity (Wildman–Crippen MR) is 57.8 cm³/mol. The van der Waals surface area contributed by atoms with Gasteiger partial charge < -0.3 is 11.1 Å². The molecular formula is C11H22N2O. The van der Waals surface area contributed by atoms with Gasteiger partial charge in [-0.15, -0.1) is 0 Å². The van der Waals surface area contributed by atoms with E-state index < -0.39 is 0 Å². The molecule has 14 heavy (non-hydrogen) atoms. The molecule has 3 unspecified atom stereocenters. The van der Waals surface area contributed by atoms with Gasteiger partial charge in [0.2, 0.25) is 5.91 Å². The molecule has 3 heteroatoms. The molecule has 1 saturated carbocycles. The zero-order valence-electron chi connectivity index (χ0n) is 9.42. The summed E-state index contributed by atoms with van der Waals surface area (Å²) in [6, 6.07) is 0.446. The van der Waals surface area contributed by atoms with Crippen LogP contribution >= 0.6 is 0 Å². The van der Waals surface area contributed by atoms with Crippen LogP contribution in [-0.4, -0.2) is 18.0 Å². The van der Waals surface area contributed by atoms with Crippen molar-refractivity contribution in [2.24, 2.45) is 17.6 Å². The second-order valence-corrected chi connectivity index (χ2v) is 4.82. The van der Waals surface area contributed by atoms with Crippen LogP contribution in [0.25, 0.3) is 0 Å². The van der Waals surface area contributed by atoms with E-state index >= 15 is 0 Å². The van der Waals surface area contributed by atoms with Crippen LogP contribution in [0.3, 0.4) is 0 Å². The quantitative estimate of drug-likeness (QED) is 0.702. The molecule has 1 fully saturated rings. The molecule has 0 aromatic heterocycles. The molecule has 1 rings (SSSR count). The number of carbonyl (C=O) groups excluding carboxylic acids is 1. The minimum absolute atomic E-state index is 0.126. The van der Waals surface area contributed by atoms with E-state index in [4.69, 9.17) is 5.73 Å². The molecule has 3 nitrogen and oxygen atoms in total. The Morgan fingerprint density at radius 1 is 1.43 bits per heavy atom. The summed E-state index contributed by atoms with van der Waals surface area (Å²) in [5.74, 6) is 0.789. The van der Waals surface area contributed by atoms with Gasteiger partial charge in [0.05, 0.1) is 0 Å². The summed E-state index contributed by atoms with van der Waals surface area (Å²) in [7, 11) is 0. The molecular weight excluding hydrogens is 176 g/mol. The van der Waals surface area contributed by atoms with Crippen molar-refractivity contribution in [3.05, 3.63) is 0 Å². The van der Waals surface area contributed by atoms with Crippen molar-refractivity contribution in [3.8, 4) is 0 Å². The van der Waals surface area contributed by atoms with Crippen molar-refractivity contribution in [1.29, 1.82) is 0 Å². The summed E-state index contributed by atoms with van der Waals surface area (Å²) in [5.41, 5.74) is 5.88. The molecule has 1 aliphatic rings. The van der Waals surface area contributed by atoms with Gasteiger partial charge >= 0.3 is 0 Å². The van der Waals surface area contributed by atoms with Gasteiger partial charge in [0.1, 0.15) is 0 Å². The lowest BCUT2D eigenvalue weighted by atomic mass is 9.77. The fourth-order valence-corrected chi connectivity index (χ4v) is 2.11. The molecule has 0 aromatic rings. The van der Waals surface area contributed by atoms with Gasteiger partial charge in [-0.1, -0.05) is 6.92 Å². The standard InChI is InChI=1S/C11H22N2O/c1-7(2)13-11(14)10-6-9(12)5-4-8(10)3/h7-10H,4-6,12H2,1-3H3,(H,13,14). The number of nitrogens with two attached hydrogens (primary N) is 1. The van der Waals surface area contributed by atoms with Crippen LogP contribution in [0.15, 0.2) is 0 Å². The molecule has 0 spiro atoms.